The van der Waals surface area contributed by atoms with Crippen LogP contribution in [-0.2, 0) is 22.6 Å². The predicted molar refractivity (Wildman–Crippen MR) is 72.9 cm³/mol. The molecule has 0 aromatic heterocycles. The first-order valence-electron chi connectivity index (χ1n) is 5.71. The molecule has 5 nitrogen and oxygen atoms in total. The minimum Gasteiger partial charge on any atom is -0.486 e. The number of hydrogen-bond acceptors (Lipinski definition) is 5. The van der Waals surface area contributed by atoms with Gasteiger partial charge in [0.15, 0.2) is 0 Å². The van der Waals surface area contributed by atoms with Crippen LogP contribution in [0.5, 0.6) is 0 Å². The standard InChI is InChI=1S/C9H22O5Si3/c1-6-17(7-2,14-15)16(5,12-8(3)10)13-9(4)11/h6-7H2,1-5,15H3. The topological polar surface area (TPSA) is 61.8 Å². The Morgan fingerprint density at radius 1 is 1.06 bits per heavy atom. The summed E-state index contributed by atoms with van der Waals surface area (Å²) in [5, 5.41) is 0. The molecule has 0 unspecified atom stereocenters. The molecule has 0 aliphatic rings. The van der Waals surface area contributed by atoms with E-state index in [1.54, 1.807) is 6.55 Å². The Labute approximate surface area is 108 Å². The van der Waals surface area contributed by atoms with Crippen LogP contribution in [0.4, 0.5) is 0 Å². The molecule has 0 radical (unpaired) electrons. The third kappa shape index (κ3) is 3.76. The molecule has 0 fully saturated rings. The van der Waals surface area contributed by atoms with Crippen LogP contribution < -0.4 is 0 Å². The first kappa shape index (κ1) is 16.6. The van der Waals surface area contributed by atoms with Crippen molar-refractivity contribution in [3.8, 4) is 0 Å². The van der Waals surface area contributed by atoms with Crippen molar-refractivity contribution in [3.05, 3.63) is 0 Å². The van der Waals surface area contributed by atoms with Crippen molar-refractivity contribution >= 4 is 38.3 Å². The Bertz CT molecular complexity index is 266. The van der Waals surface area contributed by atoms with Crippen LogP contribution in [0.15, 0.2) is 0 Å². The Morgan fingerprint density at radius 3 is 1.59 bits per heavy atom. The van der Waals surface area contributed by atoms with E-state index in [0.717, 1.165) is 12.1 Å². The number of rotatable bonds is 6. The zero-order valence-electron chi connectivity index (χ0n) is 11.5. The summed E-state index contributed by atoms with van der Waals surface area (Å²) in [5.41, 5.74) is 0. The monoisotopic (exact) mass is 294 g/mol. The van der Waals surface area contributed by atoms with Crippen molar-refractivity contribution in [2.75, 3.05) is 0 Å². The zero-order valence-corrected chi connectivity index (χ0v) is 15.5. The van der Waals surface area contributed by atoms with Gasteiger partial charge in [0, 0.05) is 20.4 Å². The molecule has 0 amide bonds. The van der Waals surface area contributed by atoms with Gasteiger partial charge in [0.05, 0.1) is 0 Å². The fourth-order valence-corrected chi connectivity index (χ4v) is 18.4. The lowest BCUT2D eigenvalue weighted by Crippen LogP contribution is -2.67. The molecular weight excluding hydrogens is 272 g/mol. The van der Waals surface area contributed by atoms with Gasteiger partial charge in [-0.3, -0.25) is 9.59 Å². The van der Waals surface area contributed by atoms with Crippen molar-refractivity contribution in [1.29, 1.82) is 0 Å². The average molecular weight is 295 g/mol. The summed E-state index contributed by atoms with van der Waals surface area (Å²) in [4.78, 5) is 22.5. The molecule has 0 saturated carbocycles. The van der Waals surface area contributed by atoms with Gasteiger partial charge in [-0.05, 0) is 12.1 Å². The van der Waals surface area contributed by atoms with Crippen molar-refractivity contribution < 1.29 is 22.6 Å². The van der Waals surface area contributed by atoms with Crippen LogP contribution in [-0.4, -0.2) is 38.3 Å². The molecular formula is C9H22O5Si3. The summed E-state index contributed by atoms with van der Waals surface area (Å²) in [5.74, 6) is -0.809. The van der Waals surface area contributed by atoms with Gasteiger partial charge in [-0.15, -0.1) is 0 Å². The Morgan fingerprint density at radius 2 is 1.41 bits per heavy atom. The molecule has 0 bridgehead atoms. The van der Waals surface area contributed by atoms with Crippen molar-refractivity contribution in [3.63, 3.8) is 0 Å². The fourth-order valence-electron chi connectivity index (χ4n) is 2.12. The molecule has 0 aliphatic heterocycles. The van der Waals surface area contributed by atoms with E-state index in [2.05, 4.69) is 0 Å². The van der Waals surface area contributed by atoms with Gasteiger partial charge in [-0.2, -0.15) is 0 Å². The van der Waals surface area contributed by atoms with Gasteiger partial charge in [-0.1, -0.05) is 13.8 Å². The highest BCUT2D eigenvalue weighted by Gasteiger charge is 2.60. The lowest BCUT2D eigenvalue weighted by atomic mass is 10.9. The molecule has 0 aliphatic carbocycles. The second kappa shape index (κ2) is 6.47. The summed E-state index contributed by atoms with van der Waals surface area (Å²) >= 11 is 0. The number of carbonyl (C=O) groups is 2. The van der Waals surface area contributed by atoms with E-state index in [1.165, 1.54) is 13.8 Å². The molecule has 0 atom stereocenters. The van der Waals surface area contributed by atoms with Gasteiger partial charge in [-0.25, -0.2) is 0 Å². The van der Waals surface area contributed by atoms with Crippen molar-refractivity contribution in [2.45, 2.75) is 46.3 Å². The minimum absolute atomic E-state index is 0.405. The lowest BCUT2D eigenvalue weighted by Gasteiger charge is -2.39. The minimum atomic E-state index is -2.90. The van der Waals surface area contributed by atoms with E-state index in [1.807, 2.05) is 13.8 Å². The molecule has 0 spiro atoms. The molecule has 0 saturated heterocycles. The van der Waals surface area contributed by atoms with E-state index in [9.17, 15) is 9.59 Å². The van der Waals surface area contributed by atoms with Gasteiger partial charge in [0.1, 0.15) is 10.5 Å². The predicted octanol–water partition coefficient (Wildman–Crippen LogP) is 0.545. The van der Waals surface area contributed by atoms with Gasteiger partial charge in [0.2, 0.25) is 0 Å². The van der Waals surface area contributed by atoms with Gasteiger partial charge in [0.25, 0.3) is 19.8 Å². The average Bonchev–Trinajstić information content (AvgIpc) is 2.18. The normalized spacial score (nSPS) is 12.3. The highest BCUT2D eigenvalue weighted by atomic mass is 29.3. The van der Waals surface area contributed by atoms with E-state index in [0.29, 0.717) is 10.5 Å². The van der Waals surface area contributed by atoms with Crippen LogP contribution in [0.2, 0.25) is 18.6 Å². The van der Waals surface area contributed by atoms with Crippen LogP contribution >= 0.6 is 0 Å². The Hall–Kier alpha value is -0.449. The highest BCUT2D eigenvalue weighted by molar-refractivity contribution is 7.35. The molecule has 17 heavy (non-hydrogen) atoms. The smallest absolute Gasteiger partial charge is 0.464 e. The lowest BCUT2D eigenvalue weighted by molar-refractivity contribution is -0.138. The maximum Gasteiger partial charge on any atom is 0.464 e. The maximum atomic E-state index is 11.2. The molecule has 0 aromatic rings. The SMILES string of the molecule is CC[Si](CC)(O[SiH3])[Si](C)(OC(C)=O)OC(C)=O. The first-order chi connectivity index (χ1) is 7.76. The second-order valence-electron chi connectivity index (χ2n) is 4.04. The third-order valence-corrected chi connectivity index (χ3v) is 21.0. The van der Waals surface area contributed by atoms with Crippen LogP contribution in [0.3, 0.4) is 0 Å². The molecule has 100 valence electrons. The maximum absolute atomic E-state index is 11.2. The van der Waals surface area contributed by atoms with Crippen LogP contribution in [0.1, 0.15) is 27.7 Å². The van der Waals surface area contributed by atoms with Crippen LogP contribution in [0.25, 0.3) is 0 Å². The van der Waals surface area contributed by atoms with E-state index >= 15 is 0 Å². The second-order valence-corrected chi connectivity index (χ2v) is 16.8. The van der Waals surface area contributed by atoms with Gasteiger partial charge < -0.3 is 13.0 Å². The summed E-state index contributed by atoms with van der Waals surface area (Å²) in [6.07, 6.45) is 0. The molecule has 0 aromatic carbocycles. The number of carbonyl (C=O) groups excluding carboxylic acids is 2. The van der Waals surface area contributed by atoms with Crippen LogP contribution in [0, 0.1) is 0 Å². The first-order valence-corrected chi connectivity index (χ1v) is 12.2. The molecule has 0 rings (SSSR count). The largest absolute Gasteiger partial charge is 0.486 e. The van der Waals surface area contributed by atoms with Gasteiger partial charge >= 0.3 is 8.08 Å². The Balaban J connectivity index is 5.38. The quantitative estimate of drug-likeness (QED) is 0.669. The fraction of sp³-hybridized carbons (Fsp3) is 0.778. The number of hydrogen-bond donors (Lipinski definition) is 0. The molecule has 0 N–H and O–H groups in total. The Kier molecular flexibility index (Phi) is 6.30. The third-order valence-electron chi connectivity index (χ3n) is 3.04. The zero-order chi connectivity index (χ0) is 13.7. The molecule has 8 heteroatoms. The summed E-state index contributed by atoms with van der Waals surface area (Å²) in [6, 6.07) is 1.58. The highest BCUT2D eigenvalue weighted by Crippen LogP contribution is 2.30. The summed E-state index contributed by atoms with van der Waals surface area (Å²) < 4.78 is 16.6. The van der Waals surface area contributed by atoms with Crippen molar-refractivity contribution in [1.82, 2.24) is 0 Å². The van der Waals surface area contributed by atoms with E-state index < -0.39 is 27.9 Å². The van der Waals surface area contributed by atoms with E-state index in [4.69, 9.17) is 13.0 Å². The summed E-state index contributed by atoms with van der Waals surface area (Å²) in [7, 11) is -4.62. The van der Waals surface area contributed by atoms with E-state index in [-0.39, 0.29) is 0 Å². The summed E-state index contributed by atoms with van der Waals surface area (Å²) in [6.45, 7) is 8.46. The molecule has 0 heterocycles. The van der Waals surface area contributed by atoms with Crippen molar-refractivity contribution in [2.24, 2.45) is 0 Å².